The molecule has 0 spiro atoms. The van der Waals surface area contributed by atoms with E-state index >= 15 is 0 Å². The second kappa shape index (κ2) is 6.12. The summed E-state index contributed by atoms with van der Waals surface area (Å²) >= 11 is 0. The van der Waals surface area contributed by atoms with Gasteiger partial charge in [0.25, 0.3) is 0 Å². The molecule has 0 radical (unpaired) electrons. The molecular formula is C13H27NO2. The number of hydrogen-bond acceptors (Lipinski definition) is 2. The molecule has 0 fully saturated rings. The molecule has 0 aliphatic heterocycles. The van der Waals surface area contributed by atoms with Crippen LogP contribution in [0.5, 0.6) is 0 Å². The summed E-state index contributed by atoms with van der Waals surface area (Å²) < 4.78 is 5.13. The Labute approximate surface area is 100 Å². The second-order valence-electron chi connectivity index (χ2n) is 5.51. The zero-order valence-electron chi connectivity index (χ0n) is 11.8. The smallest absolute Gasteiger partial charge is 0.410 e. The normalized spacial score (nSPS) is 12.1. The van der Waals surface area contributed by atoms with Gasteiger partial charge in [0.2, 0.25) is 0 Å². The molecule has 0 rings (SSSR count). The predicted octanol–water partition coefficient (Wildman–Crippen LogP) is 3.54. The van der Waals surface area contributed by atoms with Crippen LogP contribution in [0.1, 0.15) is 48.5 Å². The minimum atomic E-state index is -0.199. The van der Waals surface area contributed by atoms with Crippen LogP contribution in [0.2, 0.25) is 0 Å². The molecule has 0 saturated carbocycles. The first-order chi connectivity index (χ1) is 7.23. The lowest BCUT2D eigenvalue weighted by molar-refractivity contribution is 0.0393. The molecule has 16 heavy (non-hydrogen) atoms. The molecular weight excluding hydrogens is 202 g/mol. The summed E-state index contributed by atoms with van der Waals surface area (Å²) in [4.78, 5) is 13.8. The number of rotatable bonds is 5. The van der Waals surface area contributed by atoms with Gasteiger partial charge >= 0.3 is 6.09 Å². The fourth-order valence-electron chi connectivity index (χ4n) is 1.42. The topological polar surface area (TPSA) is 29.5 Å². The molecule has 3 nitrogen and oxygen atoms in total. The van der Waals surface area contributed by atoms with Gasteiger partial charge < -0.3 is 9.64 Å². The Bertz CT molecular complexity index is 222. The van der Waals surface area contributed by atoms with Crippen molar-refractivity contribution < 1.29 is 9.53 Å². The number of nitrogens with zero attached hydrogens (tertiary/aromatic N) is 1. The van der Waals surface area contributed by atoms with Gasteiger partial charge in [-0.05, 0) is 32.6 Å². The van der Waals surface area contributed by atoms with E-state index in [0.717, 1.165) is 6.54 Å². The van der Waals surface area contributed by atoms with E-state index in [1.165, 1.54) is 0 Å². The molecule has 0 aliphatic rings. The summed E-state index contributed by atoms with van der Waals surface area (Å²) in [5, 5.41) is 0. The van der Waals surface area contributed by atoms with E-state index in [4.69, 9.17) is 4.74 Å². The molecule has 0 atom stereocenters. The van der Waals surface area contributed by atoms with E-state index in [0.29, 0.717) is 18.4 Å². The maximum Gasteiger partial charge on any atom is 0.410 e. The lowest BCUT2D eigenvalue weighted by Crippen LogP contribution is -2.52. The Morgan fingerprint density at radius 2 is 1.75 bits per heavy atom. The van der Waals surface area contributed by atoms with Gasteiger partial charge in [-0.3, -0.25) is 0 Å². The summed E-state index contributed by atoms with van der Waals surface area (Å²) in [6.45, 7) is 15.7. The van der Waals surface area contributed by atoms with Crippen LogP contribution in [0.15, 0.2) is 0 Å². The van der Waals surface area contributed by atoms with Crippen LogP contribution in [-0.4, -0.2) is 29.7 Å². The number of amides is 1. The SMILES string of the molecule is CCOC(=O)N(CC(C)C)C(C)(C)C(C)C. The largest absolute Gasteiger partial charge is 0.450 e. The predicted molar refractivity (Wildman–Crippen MR) is 67.5 cm³/mol. The molecule has 0 N–H and O–H groups in total. The highest BCUT2D eigenvalue weighted by molar-refractivity contribution is 5.68. The van der Waals surface area contributed by atoms with Crippen LogP contribution in [-0.2, 0) is 4.74 Å². The number of hydrogen-bond donors (Lipinski definition) is 0. The Balaban J connectivity index is 4.85. The summed E-state index contributed by atoms with van der Waals surface area (Å²) in [5.41, 5.74) is -0.170. The number of ether oxygens (including phenoxy) is 1. The van der Waals surface area contributed by atoms with Crippen molar-refractivity contribution in [2.45, 2.75) is 54.0 Å². The first kappa shape index (κ1) is 15.3. The molecule has 0 aromatic carbocycles. The highest BCUT2D eigenvalue weighted by Crippen LogP contribution is 2.25. The summed E-state index contributed by atoms with van der Waals surface area (Å²) in [5.74, 6) is 0.845. The molecule has 0 unspecified atom stereocenters. The molecule has 0 heterocycles. The summed E-state index contributed by atoms with van der Waals surface area (Å²) in [6, 6.07) is 0. The average Bonchev–Trinajstić information content (AvgIpc) is 2.13. The van der Waals surface area contributed by atoms with Gasteiger partial charge in [0.15, 0.2) is 0 Å². The average molecular weight is 229 g/mol. The maximum atomic E-state index is 11.9. The van der Waals surface area contributed by atoms with Crippen molar-refractivity contribution in [2.24, 2.45) is 11.8 Å². The maximum absolute atomic E-state index is 11.9. The molecule has 96 valence electrons. The molecule has 0 aromatic heterocycles. The van der Waals surface area contributed by atoms with Crippen molar-refractivity contribution in [1.29, 1.82) is 0 Å². The zero-order chi connectivity index (χ0) is 12.9. The van der Waals surface area contributed by atoms with Gasteiger partial charge in [-0.2, -0.15) is 0 Å². The third-order valence-electron chi connectivity index (χ3n) is 3.14. The van der Waals surface area contributed by atoms with Crippen molar-refractivity contribution in [3.8, 4) is 0 Å². The van der Waals surface area contributed by atoms with Crippen LogP contribution in [0.4, 0.5) is 4.79 Å². The van der Waals surface area contributed by atoms with E-state index in [-0.39, 0.29) is 11.6 Å². The van der Waals surface area contributed by atoms with Crippen LogP contribution in [0, 0.1) is 11.8 Å². The number of carbonyl (C=O) groups is 1. The summed E-state index contributed by atoms with van der Waals surface area (Å²) in [6.07, 6.45) is -0.199. The fourth-order valence-corrected chi connectivity index (χ4v) is 1.42. The summed E-state index contributed by atoms with van der Waals surface area (Å²) in [7, 11) is 0. The first-order valence-electron chi connectivity index (χ1n) is 6.17. The minimum Gasteiger partial charge on any atom is -0.450 e. The molecule has 0 aliphatic carbocycles. The lowest BCUT2D eigenvalue weighted by Gasteiger charge is -2.41. The quantitative estimate of drug-likeness (QED) is 0.721. The standard InChI is InChI=1S/C13H27NO2/c1-8-16-12(15)14(9-10(2)3)13(6,7)11(4)5/h10-11H,8-9H2,1-7H3. The molecule has 0 bridgehead atoms. The third kappa shape index (κ3) is 4.03. The van der Waals surface area contributed by atoms with Gasteiger partial charge in [-0.1, -0.05) is 27.7 Å². The Kier molecular flexibility index (Phi) is 5.84. The van der Waals surface area contributed by atoms with Crippen molar-refractivity contribution in [2.75, 3.05) is 13.2 Å². The van der Waals surface area contributed by atoms with Crippen LogP contribution in [0.3, 0.4) is 0 Å². The van der Waals surface area contributed by atoms with Crippen molar-refractivity contribution in [1.82, 2.24) is 4.90 Å². The number of carbonyl (C=O) groups excluding carboxylic acids is 1. The van der Waals surface area contributed by atoms with Gasteiger partial charge in [0.05, 0.1) is 6.61 Å². The van der Waals surface area contributed by atoms with Crippen molar-refractivity contribution >= 4 is 6.09 Å². The molecule has 3 heteroatoms. The zero-order valence-corrected chi connectivity index (χ0v) is 11.8. The van der Waals surface area contributed by atoms with Crippen LogP contribution in [0.25, 0.3) is 0 Å². The van der Waals surface area contributed by atoms with E-state index in [9.17, 15) is 4.79 Å². The monoisotopic (exact) mass is 229 g/mol. The molecule has 0 saturated heterocycles. The van der Waals surface area contributed by atoms with Gasteiger partial charge in [0, 0.05) is 12.1 Å². The van der Waals surface area contributed by atoms with E-state index in [1.54, 1.807) is 0 Å². The Morgan fingerprint density at radius 3 is 2.06 bits per heavy atom. The lowest BCUT2D eigenvalue weighted by atomic mass is 9.88. The molecule has 1 amide bonds. The highest BCUT2D eigenvalue weighted by Gasteiger charge is 2.34. The third-order valence-corrected chi connectivity index (χ3v) is 3.14. The Hall–Kier alpha value is -0.730. The Morgan fingerprint density at radius 1 is 1.25 bits per heavy atom. The van der Waals surface area contributed by atoms with Crippen molar-refractivity contribution in [3.63, 3.8) is 0 Å². The first-order valence-corrected chi connectivity index (χ1v) is 6.17. The van der Waals surface area contributed by atoms with Gasteiger partial charge in [-0.25, -0.2) is 4.79 Å². The van der Waals surface area contributed by atoms with E-state index < -0.39 is 0 Å². The fraction of sp³-hybridized carbons (Fsp3) is 0.923. The highest BCUT2D eigenvalue weighted by atomic mass is 16.6. The van der Waals surface area contributed by atoms with E-state index in [1.807, 2.05) is 11.8 Å². The van der Waals surface area contributed by atoms with E-state index in [2.05, 4.69) is 41.5 Å². The second-order valence-corrected chi connectivity index (χ2v) is 5.51. The van der Waals surface area contributed by atoms with Gasteiger partial charge in [0.1, 0.15) is 0 Å². The van der Waals surface area contributed by atoms with Crippen molar-refractivity contribution in [3.05, 3.63) is 0 Å². The van der Waals surface area contributed by atoms with Gasteiger partial charge in [-0.15, -0.1) is 0 Å². The van der Waals surface area contributed by atoms with Crippen LogP contribution >= 0.6 is 0 Å². The van der Waals surface area contributed by atoms with Crippen LogP contribution < -0.4 is 0 Å². The minimum absolute atomic E-state index is 0.170. The molecule has 0 aromatic rings.